The lowest BCUT2D eigenvalue weighted by Crippen LogP contribution is -2.28. The molecule has 0 aliphatic carbocycles. The normalized spacial score (nSPS) is 15.4. The number of nitrogens with zero attached hydrogens (tertiary/aromatic N) is 1. The van der Waals surface area contributed by atoms with E-state index in [2.05, 4.69) is 0 Å². The van der Waals surface area contributed by atoms with Crippen LogP contribution in [-0.4, -0.2) is 27.8 Å². The molecule has 2 amide bonds. The minimum atomic E-state index is -1.02. The summed E-state index contributed by atoms with van der Waals surface area (Å²) in [6, 6.07) is 6.25. The average Bonchev–Trinajstić information content (AvgIpc) is 2.61. The summed E-state index contributed by atoms with van der Waals surface area (Å²) >= 11 is 0. The fourth-order valence-corrected chi connectivity index (χ4v) is 1.78. The summed E-state index contributed by atoms with van der Waals surface area (Å²) in [4.78, 5) is 34.7. The van der Waals surface area contributed by atoms with E-state index >= 15 is 0 Å². The van der Waals surface area contributed by atoms with Crippen LogP contribution in [0, 0.1) is 0 Å². The molecular weight excluding hydrogens is 222 g/mol. The first-order valence-electron chi connectivity index (χ1n) is 5.23. The molecule has 5 heteroatoms. The smallest absolute Gasteiger partial charge is 0.335 e. The van der Waals surface area contributed by atoms with Crippen LogP contribution in [-0.2, 0) is 16.1 Å². The molecule has 1 aliphatic heterocycles. The predicted octanol–water partition coefficient (Wildman–Crippen LogP) is 1.03. The van der Waals surface area contributed by atoms with Crippen LogP contribution in [0.2, 0.25) is 0 Å². The summed E-state index contributed by atoms with van der Waals surface area (Å²) in [6.45, 7) is 0.152. The molecule has 1 aliphatic rings. The molecule has 0 aromatic heterocycles. The van der Waals surface area contributed by atoms with Gasteiger partial charge in [0.1, 0.15) is 0 Å². The van der Waals surface area contributed by atoms with Crippen LogP contribution in [0.4, 0.5) is 0 Å². The first-order valence-corrected chi connectivity index (χ1v) is 5.23. The van der Waals surface area contributed by atoms with Gasteiger partial charge in [-0.05, 0) is 17.7 Å². The van der Waals surface area contributed by atoms with Crippen molar-refractivity contribution in [1.82, 2.24) is 4.90 Å². The Morgan fingerprint density at radius 1 is 1.24 bits per heavy atom. The van der Waals surface area contributed by atoms with Gasteiger partial charge in [0.25, 0.3) is 0 Å². The SMILES string of the molecule is O=C(O)c1cccc(CN2C(=O)CCC2=O)c1. The lowest BCUT2D eigenvalue weighted by Gasteiger charge is -2.13. The largest absolute Gasteiger partial charge is 0.478 e. The topological polar surface area (TPSA) is 74.7 Å². The Kier molecular flexibility index (Phi) is 2.91. The maximum atomic E-state index is 11.4. The third-order valence-corrected chi connectivity index (χ3v) is 2.67. The zero-order valence-electron chi connectivity index (χ0n) is 9.05. The van der Waals surface area contributed by atoms with Gasteiger partial charge in [-0.15, -0.1) is 0 Å². The Labute approximate surface area is 97.7 Å². The van der Waals surface area contributed by atoms with Crippen molar-refractivity contribution >= 4 is 17.8 Å². The highest BCUT2D eigenvalue weighted by Crippen LogP contribution is 2.16. The van der Waals surface area contributed by atoms with Crippen molar-refractivity contribution in [3.63, 3.8) is 0 Å². The van der Waals surface area contributed by atoms with Crippen molar-refractivity contribution < 1.29 is 19.5 Å². The zero-order valence-corrected chi connectivity index (χ0v) is 9.05. The third kappa shape index (κ3) is 2.33. The van der Waals surface area contributed by atoms with E-state index in [-0.39, 0.29) is 36.8 Å². The fraction of sp³-hybridized carbons (Fsp3) is 0.250. The van der Waals surface area contributed by atoms with E-state index in [0.29, 0.717) is 5.56 Å². The molecule has 1 aromatic carbocycles. The van der Waals surface area contributed by atoms with E-state index in [9.17, 15) is 14.4 Å². The highest BCUT2D eigenvalue weighted by molar-refractivity contribution is 6.01. The number of aromatic carboxylic acids is 1. The molecule has 1 heterocycles. The predicted molar refractivity (Wildman–Crippen MR) is 58.2 cm³/mol. The van der Waals surface area contributed by atoms with Crippen molar-refractivity contribution in [3.8, 4) is 0 Å². The molecule has 0 bridgehead atoms. The minimum absolute atomic E-state index is 0.152. The number of imide groups is 1. The van der Waals surface area contributed by atoms with Crippen LogP contribution in [0.15, 0.2) is 24.3 Å². The highest BCUT2D eigenvalue weighted by Gasteiger charge is 2.28. The number of carbonyl (C=O) groups excluding carboxylic acids is 2. The molecule has 1 N–H and O–H groups in total. The Balaban J connectivity index is 2.18. The lowest BCUT2D eigenvalue weighted by molar-refractivity contribution is -0.139. The van der Waals surface area contributed by atoms with Gasteiger partial charge in [0.15, 0.2) is 0 Å². The van der Waals surface area contributed by atoms with Crippen LogP contribution >= 0.6 is 0 Å². The van der Waals surface area contributed by atoms with E-state index in [4.69, 9.17) is 5.11 Å². The van der Waals surface area contributed by atoms with Gasteiger partial charge in [-0.2, -0.15) is 0 Å². The Hall–Kier alpha value is -2.17. The molecule has 17 heavy (non-hydrogen) atoms. The van der Waals surface area contributed by atoms with Crippen molar-refractivity contribution in [1.29, 1.82) is 0 Å². The molecular formula is C12H11NO4. The third-order valence-electron chi connectivity index (χ3n) is 2.67. The number of carbonyl (C=O) groups is 3. The summed E-state index contributed by atoms with van der Waals surface area (Å²) in [5, 5.41) is 8.83. The first kappa shape index (κ1) is 11.3. The van der Waals surface area contributed by atoms with E-state index in [1.807, 2.05) is 0 Å². The highest BCUT2D eigenvalue weighted by atomic mass is 16.4. The average molecular weight is 233 g/mol. The van der Waals surface area contributed by atoms with Crippen molar-refractivity contribution in [2.24, 2.45) is 0 Å². The van der Waals surface area contributed by atoms with Gasteiger partial charge in [-0.25, -0.2) is 4.79 Å². The molecule has 5 nitrogen and oxygen atoms in total. The molecule has 1 aromatic rings. The number of amides is 2. The molecule has 0 radical (unpaired) electrons. The van der Waals surface area contributed by atoms with Gasteiger partial charge >= 0.3 is 5.97 Å². The van der Waals surface area contributed by atoms with E-state index in [1.54, 1.807) is 12.1 Å². The van der Waals surface area contributed by atoms with Gasteiger partial charge in [-0.1, -0.05) is 12.1 Å². The monoisotopic (exact) mass is 233 g/mol. The molecule has 0 atom stereocenters. The Morgan fingerprint density at radius 2 is 1.88 bits per heavy atom. The van der Waals surface area contributed by atoms with Crippen molar-refractivity contribution in [2.75, 3.05) is 0 Å². The number of benzene rings is 1. The molecule has 1 saturated heterocycles. The van der Waals surface area contributed by atoms with Gasteiger partial charge < -0.3 is 5.11 Å². The van der Waals surface area contributed by atoms with Gasteiger partial charge in [-0.3, -0.25) is 14.5 Å². The van der Waals surface area contributed by atoms with E-state index in [0.717, 1.165) is 0 Å². The Bertz CT molecular complexity index is 479. The summed E-state index contributed by atoms with van der Waals surface area (Å²) in [7, 11) is 0. The van der Waals surface area contributed by atoms with Crippen LogP contribution in [0.1, 0.15) is 28.8 Å². The summed E-state index contributed by atoms with van der Waals surface area (Å²) in [5.74, 6) is -1.42. The van der Waals surface area contributed by atoms with Gasteiger partial charge in [0.05, 0.1) is 12.1 Å². The number of hydrogen-bond donors (Lipinski definition) is 1. The number of hydrogen-bond acceptors (Lipinski definition) is 3. The number of likely N-dealkylation sites (tertiary alicyclic amines) is 1. The molecule has 88 valence electrons. The van der Waals surface area contributed by atoms with Gasteiger partial charge in [0.2, 0.25) is 11.8 Å². The van der Waals surface area contributed by atoms with E-state index < -0.39 is 5.97 Å². The second-order valence-electron chi connectivity index (χ2n) is 3.88. The zero-order chi connectivity index (χ0) is 12.4. The van der Waals surface area contributed by atoms with Crippen LogP contribution in [0.5, 0.6) is 0 Å². The summed E-state index contributed by atoms with van der Waals surface area (Å²) < 4.78 is 0. The summed E-state index contributed by atoms with van der Waals surface area (Å²) in [6.07, 6.45) is 0.495. The Morgan fingerprint density at radius 3 is 2.47 bits per heavy atom. The molecule has 2 rings (SSSR count). The number of rotatable bonds is 3. The number of carboxylic acids is 1. The standard InChI is InChI=1S/C12H11NO4/c14-10-4-5-11(15)13(10)7-8-2-1-3-9(6-8)12(16)17/h1-3,6H,4-5,7H2,(H,16,17). The molecule has 0 spiro atoms. The lowest BCUT2D eigenvalue weighted by atomic mass is 10.1. The minimum Gasteiger partial charge on any atom is -0.478 e. The molecule has 0 unspecified atom stereocenters. The number of carboxylic acid groups (broad SMARTS) is 1. The van der Waals surface area contributed by atoms with Crippen LogP contribution < -0.4 is 0 Å². The van der Waals surface area contributed by atoms with Crippen molar-refractivity contribution in [2.45, 2.75) is 19.4 Å². The molecule has 0 saturated carbocycles. The second kappa shape index (κ2) is 4.37. The maximum absolute atomic E-state index is 11.4. The first-order chi connectivity index (χ1) is 8.08. The maximum Gasteiger partial charge on any atom is 0.335 e. The van der Waals surface area contributed by atoms with Crippen LogP contribution in [0.3, 0.4) is 0 Å². The quantitative estimate of drug-likeness (QED) is 0.791. The van der Waals surface area contributed by atoms with Crippen molar-refractivity contribution in [3.05, 3.63) is 35.4 Å². The molecule has 1 fully saturated rings. The fourth-order valence-electron chi connectivity index (χ4n) is 1.78. The van der Waals surface area contributed by atoms with E-state index in [1.165, 1.54) is 17.0 Å². The van der Waals surface area contributed by atoms with Crippen LogP contribution in [0.25, 0.3) is 0 Å². The van der Waals surface area contributed by atoms with Gasteiger partial charge in [0, 0.05) is 12.8 Å². The summed E-state index contributed by atoms with van der Waals surface area (Å²) in [5.41, 5.74) is 0.801. The second-order valence-corrected chi connectivity index (χ2v) is 3.88.